The predicted molar refractivity (Wildman–Crippen MR) is 251 cm³/mol. The molecule has 10 aromatic carbocycles. The van der Waals surface area contributed by atoms with Crippen LogP contribution < -0.4 is 4.90 Å². The summed E-state index contributed by atoms with van der Waals surface area (Å²) in [7, 11) is 0. The van der Waals surface area contributed by atoms with E-state index in [0.29, 0.717) is 0 Å². The number of benzene rings is 10. The van der Waals surface area contributed by atoms with Crippen molar-refractivity contribution in [2.45, 2.75) is 19.3 Å². The van der Waals surface area contributed by atoms with Crippen molar-refractivity contribution in [2.24, 2.45) is 0 Å². The zero-order valence-electron chi connectivity index (χ0n) is 33.2. The van der Waals surface area contributed by atoms with Gasteiger partial charge in [0.05, 0.1) is 11.4 Å². The van der Waals surface area contributed by atoms with Crippen LogP contribution in [0, 0.1) is 0 Å². The molecule has 0 saturated carbocycles. The van der Waals surface area contributed by atoms with E-state index < -0.39 is 0 Å². The van der Waals surface area contributed by atoms with Crippen LogP contribution >= 0.6 is 0 Å². The number of hydrogen-bond acceptors (Lipinski definition) is 3. The van der Waals surface area contributed by atoms with Gasteiger partial charge >= 0.3 is 0 Å². The van der Waals surface area contributed by atoms with E-state index in [4.69, 9.17) is 8.83 Å². The number of furan rings is 2. The smallest absolute Gasteiger partial charge is 0.159 e. The second-order valence-corrected chi connectivity index (χ2v) is 16.8. The molecule has 0 unspecified atom stereocenters. The summed E-state index contributed by atoms with van der Waals surface area (Å²) in [5.74, 6) is 0. The Balaban J connectivity index is 1.19. The second kappa shape index (κ2) is 12.2. The van der Waals surface area contributed by atoms with Gasteiger partial charge in [-0.1, -0.05) is 147 Å². The molecule has 0 fully saturated rings. The van der Waals surface area contributed by atoms with E-state index in [0.717, 1.165) is 71.9 Å². The fourth-order valence-electron chi connectivity index (χ4n) is 10.4. The van der Waals surface area contributed by atoms with Gasteiger partial charge in [0.15, 0.2) is 5.58 Å². The number of hydrogen-bond donors (Lipinski definition) is 0. The highest BCUT2D eigenvalue weighted by atomic mass is 16.3. The molecule has 282 valence electrons. The minimum absolute atomic E-state index is 0.180. The Hall–Kier alpha value is -7.62. The zero-order chi connectivity index (χ0) is 39.7. The summed E-state index contributed by atoms with van der Waals surface area (Å²) in [6.07, 6.45) is 0. The Bertz CT molecular complexity index is 3760. The fourth-order valence-corrected chi connectivity index (χ4v) is 10.4. The van der Waals surface area contributed by atoms with Gasteiger partial charge in [0.1, 0.15) is 16.7 Å². The molecule has 0 spiro atoms. The molecule has 0 amide bonds. The van der Waals surface area contributed by atoms with Crippen molar-refractivity contribution in [1.29, 1.82) is 0 Å². The largest absolute Gasteiger partial charge is 0.456 e. The quantitative estimate of drug-likeness (QED) is 0.167. The molecule has 0 aliphatic heterocycles. The molecule has 12 aromatic rings. The molecule has 0 atom stereocenters. The third-order valence-electron chi connectivity index (χ3n) is 13.2. The molecule has 60 heavy (non-hydrogen) atoms. The Morgan fingerprint density at radius 1 is 0.383 bits per heavy atom. The molecular weight excluding hydrogens is 731 g/mol. The summed E-state index contributed by atoms with van der Waals surface area (Å²) in [4.78, 5) is 2.45. The van der Waals surface area contributed by atoms with Crippen molar-refractivity contribution in [3.63, 3.8) is 0 Å². The van der Waals surface area contributed by atoms with E-state index in [-0.39, 0.29) is 5.41 Å². The second-order valence-electron chi connectivity index (χ2n) is 16.8. The van der Waals surface area contributed by atoms with E-state index in [1.807, 2.05) is 6.07 Å². The van der Waals surface area contributed by atoms with E-state index in [9.17, 15) is 0 Å². The maximum Gasteiger partial charge on any atom is 0.159 e. The van der Waals surface area contributed by atoms with Gasteiger partial charge in [-0.25, -0.2) is 0 Å². The normalized spacial score (nSPS) is 13.3. The third kappa shape index (κ3) is 4.60. The minimum atomic E-state index is -0.180. The number of para-hydroxylation sites is 1. The van der Waals surface area contributed by atoms with Crippen molar-refractivity contribution >= 4 is 93.3 Å². The molecule has 0 saturated heterocycles. The van der Waals surface area contributed by atoms with Crippen molar-refractivity contribution < 1.29 is 8.83 Å². The van der Waals surface area contributed by atoms with E-state index in [1.165, 1.54) is 54.7 Å². The lowest BCUT2D eigenvalue weighted by Gasteiger charge is -2.29. The third-order valence-corrected chi connectivity index (χ3v) is 13.2. The van der Waals surface area contributed by atoms with Crippen LogP contribution in [0.25, 0.3) is 98.4 Å². The van der Waals surface area contributed by atoms with Crippen LogP contribution in [0.5, 0.6) is 0 Å². The van der Waals surface area contributed by atoms with Crippen LogP contribution in [-0.4, -0.2) is 0 Å². The standard InChI is InChI=1S/C57H37NO2/c1-57(2)47-23-11-9-21-42(47)43-27-26-37(33-48(43)57)58(49-24-13-16-34-14-3-6-18-39(34)49)50-32-36(45-30-35-15-4-5-17-38(35)40-19-7-8-20-41(40)45)31-46-55-53(60-56(46)50)29-28-52-54(55)44-22-10-12-25-51(44)59-52/h3-33H,1-2H3. The maximum atomic E-state index is 7.20. The molecule has 0 bridgehead atoms. The average Bonchev–Trinajstić information content (AvgIpc) is 3.94. The summed E-state index contributed by atoms with van der Waals surface area (Å²) in [6, 6.07) is 68.3. The monoisotopic (exact) mass is 767 g/mol. The lowest BCUT2D eigenvalue weighted by Crippen LogP contribution is -2.16. The molecule has 3 nitrogen and oxygen atoms in total. The van der Waals surface area contributed by atoms with Crippen molar-refractivity contribution in [3.8, 4) is 22.3 Å². The molecule has 13 rings (SSSR count). The van der Waals surface area contributed by atoms with Gasteiger partial charge in [0, 0.05) is 38.0 Å². The van der Waals surface area contributed by atoms with Gasteiger partial charge in [0.2, 0.25) is 0 Å². The molecular formula is C57H37NO2. The molecule has 0 N–H and O–H groups in total. The predicted octanol–water partition coefficient (Wildman–Crippen LogP) is 16.4. The number of nitrogens with zero attached hydrogens (tertiary/aromatic N) is 1. The van der Waals surface area contributed by atoms with Gasteiger partial charge in [-0.05, 0) is 115 Å². The molecule has 1 aliphatic carbocycles. The summed E-state index contributed by atoms with van der Waals surface area (Å²) < 4.78 is 13.7. The first-order valence-corrected chi connectivity index (χ1v) is 20.7. The Morgan fingerprint density at radius 2 is 1.03 bits per heavy atom. The Kier molecular flexibility index (Phi) is 6.78. The van der Waals surface area contributed by atoms with Crippen LogP contribution in [-0.2, 0) is 5.41 Å². The van der Waals surface area contributed by atoms with Crippen LogP contribution in [0.1, 0.15) is 25.0 Å². The first-order valence-electron chi connectivity index (χ1n) is 20.7. The van der Waals surface area contributed by atoms with Crippen molar-refractivity contribution in [3.05, 3.63) is 199 Å². The lowest BCUT2D eigenvalue weighted by molar-refractivity contribution is 0.660. The van der Waals surface area contributed by atoms with E-state index >= 15 is 0 Å². The van der Waals surface area contributed by atoms with Crippen LogP contribution in [0.15, 0.2) is 197 Å². The van der Waals surface area contributed by atoms with Gasteiger partial charge < -0.3 is 13.7 Å². The molecule has 2 heterocycles. The highest BCUT2D eigenvalue weighted by Gasteiger charge is 2.36. The fraction of sp³-hybridized carbons (Fsp3) is 0.0526. The number of fused-ring (bicyclic) bond motifs is 14. The van der Waals surface area contributed by atoms with Crippen LogP contribution in [0.2, 0.25) is 0 Å². The van der Waals surface area contributed by atoms with Crippen LogP contribution in [0.3, 0.4) is 0 Å². The zero-order valence-corrected chi connectivity index (χ0v) is 33.2. The summed E-state index contributed by atoms with van der Waals surface area (Å²) in [5, 5.41) is 11.5. The molecule has 0 radical (unpaired) electrons. The summed E-state index contributed by atoms with van der Waals surface area (Å²) in [5.41, 5.74) is 13.9. The number of rotatable bonds is 4. The lowest BCUT2D eigenvalue weighted by atomic mass is 9.82. The van der Waals surface area contributed by atoms with Crippen molar-refractivity contribution in [2.75, 3.05) is 4.90 Å². The first kappa shape index (κ1) is 33.4. The van der Waals surface area contributed by atoms with E-state index in [2.05, 4.69) is 201 Å². The van der Waals surface area contributed by atoms with Gasteiger partial charge in [-0.15, -0.1) is 0 Å². The molecule has 2 aromatic heterocycles. The molecule has 1 aliphatic rings. The Morgan fingerprint density at radius 3 is 1.90 bits per heavy atom. The summed E-state index contributed by atoms with van der Waals surface area (Å²) in [6.45, 7) is 4.71. The Labute approximate surface area is 346 Å². The maximum absolute atomic E-state index is 7.20. The highest BCUT2D eigenvalue weighted by Crippen LogP contribution is 2.53. The van der Waals surface area contributed by atoms with Gasteiger partial charge in [-0.3, -0.25) is 0 Å². The number of anilines is 3. The molecule has 3 heteroatoms. The highest BCUT2D eigenvalue weighted by molar-refractivity contribution is 6.28. The van der Waals surface area contributed by atoms with Gasteiger partial charge in [0.25, 0.3) is 0 Å². The summed E-state index contributed by atoms with van der Waals surface area (Å²) >= 11 is 0. The first-order chi connectivity index (χ1) is 29.5. The van der Waals surface area contributed by atoms with Gasteiger partial charge in [-0.2, -0.15) is 0 Å². The SMILES string of the molecule is CC1(C)c2ccccc2-c2ccc(N(c3cccc4ccccc34)c3cc(-c4cc5ccccc5c5ccccc45)cc4c3oc3ccc5oc6ccccc6c5c34)cc21. The van der Waals surface area contributed by atoms with E-state index in [1.54, 1.807) is 0 Å². The minimum Gasteiger partial charge on any atom is -0.456 e. The average molecular weight is 768 g/mol. The van der Waals surface area contributed by atoms with Crippen LogP contribution in [0.4, 0.5) is 17.1 Å². The topological polar surface area (TPSA) is 29.5 Å². The van der Waals surface area contributed by atoms with Crippen molar-refractivity contribution in [1.82, 2.24) is 0 Å².